The minimum Gasteiger partial charge on any atom is -0.314 e. The normalized spacial score (nSPS) is 32.1. The molecule has 0 bridgehead atoms. The quantitative estimate of drug-likeness (QED) is 0.661. The molecule has 0 amide bonds. The van der Waals surface area contributed by atoms with Crippen LogP contribution in [0.25, 0.3) is 0 Å². The predicted octanol–water partition coefficient (Wildman–Crippen LogP) is 3.12. The Bertz CT molecular complexity index is 205. The molecule has 0 radical (unpaired) electrons. The maximum absolute atomic E-state index is 4.04. The Morgan fingerprint density at radius 1 is 1.21 bits per heavy atom. The Hall–Kier alpha value is -0.300. The van der Waals surface area contributed by atoms with Crippen molar-refractivity contribution in [2.45, 2.75) is 51.5 Å². The Labute approximate surface area is 88.0 Å². The highest BCUT2D eigenvalue weighted by Gasteiger charge is 2.29. The van der Waals surface area contributed by atoms with Crippen LogP contribution < -0.4 is 5.32 Å². The zero-order valence-electron chi connectivity index (χ0n) is 9.39. The lowest BCUT2D eigenvalue weighted by Gasteiger charge is -2.20. The molecule has 0 aromatic rings. The highest BCUT2D eigenvalue weighted by Crippen LogP contribution is 2.35. The summed E-state index contributed by atoms with van der Waals surface area (Å²) < 4.78 is 0. The summed E-state index contributed by atoms with van der Waals surface area (Å²) in [5, 5.41) is 3.67. The summed E-state index contributed by atoms with van der Waals surface area (Å²) in [5.74, 6) is 1.87. The summed E-state index contributed by atoms with van der Waals surface area (Å²) in [5.41, 5.74) is 1.37. The van der Waals surface area contributed by atoms with Gasteiger partial charge in [-0.05, 0) is 57.4 Å². The molecule has 0 aromatic carbocycles. The van der Waals surface area contributed by atoms with Crippen LogP contribution in [0.5, 0.6) is 0 Å². The number of nitrogens with one attached hydrogen (secondary N) is 1. The van der Waals surface area contributed by atoms with Gasteiger partial charge in [0.15, 0.2) is 0 Å². The van der Waals surface area contributed by atoms with Gasteiger partial charge in [0.1, 0.15) is 0 Å². The first-order valence-electron chi connectivity index (χ1n) is 6.13. The third kappa shape index (κ3) is 2.84. The third-order valence-electron chi connectivity index (χ3n) is 3.67. The maximum Gasteiger partial charge on any atom is 0.00683 e. The van der Waals surface area contributed by atoms with E-state index in [-0.39, 0.29) is 0 Å². The second kappa shape index (κ2) is 4.48. The van der Waals surface area contributed by atoms with Crippen LogP contribution in [0.2, 0.25) is 0 Å². The zero-order valence-corrected chi connectivity index (χ0v) is 9.39. The average Bonchev–Trinajstić information content (AvgIpc) is 2.85. The lowest BCUT2D eigenvalue weighted by molar-refractivity contribution is 0.363. The van der Waals surface area contributed by atoms with Crippen LogP contribution in [0, 0.1) is 11.8 Å². The van der Waals surface area contributed by atoms with Crippen LogP contribution >= 0.6 is 0 Å². The van der Waals surface area contributed by atoms with Gasteiger partial charge in [-0.3, -0.25) is 0 Å². The van der Waals surface area contributed by atoms with Gasteiger partial charge in [0.25, 0.3) is 0 Å². The predicted molar refractivity (Wildman–Crippen MR) is 61.3 cm³/mol. The van der Waals surface area contributed by atoms with E-state index in [0.717, 1.165) is 17.9 Å². The van der Waals surface area contributed by atoms with Crippen LogP contribution in [-0.2, 0) is 0 Å². The van der Waals surface area contributed by atoms with Crippen molar-refractivity contribution in [1.82, 2.24) is 5.32 Å². The Morgan fingerprint density at radius 3 is 2.57 bits per heavy atom. The van der Waals surface area contributed by atoms with E-state index in [0.29, 0.717) is 0 Å². The minimum absolute atomic E-state index is 0.876. The summed E-state index contributed by atoms with van der Waals surface area (Å²) >= 11 is 0. The number of rotatable bonds is 5. The van der Waals surface area contributed by atoms with Crippen LogP contribution in [-0.4, -0.2) is 12.6 Å². The van der Waals surface area contributed by atoms with E-state index in [9.17, 15) is 0 Å². The van der Waals surface area contributed by atoms with Gasteiger partial charge in [-0.2, -0.15) is 0 Å². The third-order valence-corrected chi connectivity index (χ3v) is 3.67. The van der Waals surface area contributed by atoms with Crippen molar-refractivity contribution in [2.75, 3.05) is 6.54 Å². The molecule has 2 rings (SSSR count). The molecule has 1 N–H and O–H groups in total. The van der Waals surface area contributed by atoms with E-state index in [1.54, 1.807) is 0 Å². The monoisotopic (exact) mass is 193 g/mol. The molecule has 2 aliphatic rings. The SMILES string of the molecule is C=C(C)CC1CCCC1CNC1CC1. The van der Waals surface area contributed by atoms with Crippen LogP contribution in [0.3, 0.4) is 0 Å². The summed E-state index contributed by atoms with van der Waals surface area (Å²) in [7, 11) is 0. The van der Waals surface area contributed by atoms with E-state index in [4.69, 9.17) is 0 Å². The topological polar surface area (TPSA) is 12.0 Å². The molecule has 0 aliphatic heterocycles. The number of hydrogen-bond donors (Lipinski definition) is 1. The molecule has 0 spiro atoms. The Kier molecular flexibility index (Phi) is 3.27. The zero-order chi connectivity index (χ0) is 9.97. The Morgan fingerprint density at radius 2 is 1.93 bits per heavy atom. The maximum atomic E-state index is 4.04. The van der Waals surface area contributed by atoms with Crippen molar-refractivity contribution in [3.8, 4) is 0 Å². The smallest absolute Gasteiger partial charge is 0.00683 e. The number of allylic oxidation sites excluding steroid dienone is 1. The molecule has 2 unspecified atom stereocenters. The molecular weight excluding hydrogens is 170 g/mol. The fourth-order valence-electron chi connectivity index (χ4n) is 2.70. The van der Waals surface area contributed by atoms with Crippen molar-refractivity contribution in [3.05, 3.63) is 12.2 Å². The van der Waals surface area contributed by atoms with E-state index in [1.165, 1.54) is 50.6 Å². The second-order valence-corrected chi connectivity index (χ2v) is 5.29. The first kappa shape index (κ1) is 10.2. The van der Waals surface area contributed by atoms with Crippen LogP contribution in [0.4, 0.5) is 0 Å². The van der Waals surface area contributed by atoms with E-state index in [2.05, 4.69) is 18.8 Å². The van der Waals surface area contributed by atoms with Crippen LogP contribution in [0.15, 0.2) is 12.2 Å². The van der Waals surface area contributed by atoms with Gasteiger partial charge in [-0.15, -0.1) is 6.58 Å². The standard InChI is InChI=1S/C13H23N/c1-10(2)8-11-4-3-5-12(11)9-14-13-6-7-13/h11-14H,1,3-9H2,2H3. The molecule has 0 aromatic heterocycles. The van der Waals surface area contributed by atoms with Crippen molar-refractivity contribution >= 4 is 0 Å². The van der Waals surface area contributed by atoms with Crippen LogP contribution in [0.1, 0.15) is 45.4 Å². The van der Waals surface area contributed by atoms with Gasteiger partial charge in [0.05, 0.1) is 0 Å². The lowest BCUT2D eigenvalue weighted by atomic mass is 9.90. The second-order valence-electron chi connectivity index (χ2n) is 5.29. The molecule has 1 heteroatoms. The molecule has 0 heterocycles. The summed E-state index contributed by atoms with van der Waals surface area (Å²) in [6.07, 6.45) is 8.41. The van der Waals surface area contributed by atoms with Crippen molar-refractivity contribution in [3.63, 3.8) is 0 Å². The molecule has 80 valence electrons. The van der Waals surface area contributed by atoms with Gasteiger partial charge in [0.2, 0.25) is 0 Å². The average molecular weight is 193 g/mol. The molecule has 0 saturated heterocycles. The largest absolute Gasteiger partial charge is 0.314 e. The summed E-state index contributed by atoms with van der Waals surface area (Å²) in [6, 6.07) is 0.876. The van der Waals surface area contributed by atoms with E-state index >= 15 is 0 Å². The van der Waals surface area contributed by atoms with Crippen molar-refractivity contribution < 1.29 is 0 Å². The lowest BCUT2D eigenvalue weighted by Crippen LogP contribution is -2.27. The van der Waals surface area contributed by atoms with E-state index < -0.39 is 0 Å². The molecule has 2 atom stereocenters. The van der Waals surface area contributed by atoms with Gasteiger partial charge < -0.3 is 5.32 Å². The van der Waals surface area contributed by atoms with E-state index in [1.807, 2.05) is 0 Å². The highest BCUT2D eigenvalue weighted by atomic mass is 14.9. The first-order valence-corrected chi connectivity index (χ1v) is 6.13. The minimum atomic E-state index is 0.876. The van der Waals surface area contributed by atoms with Gasteiger partial charge in [-0.25, -0.2) is 0 Å². The molecule has 2 fully saturated rings. The molecule has 2 saturated carbocycles. The molecule has 1 nitrogen and oxygen atoms in total. The van der Waals surface area contributed by atoms with Gasteiger partial charge in [-0.1, -0.05) is 12.0 Å². The summed E-state index contributed by atoms with van der Waals surface area (Å²) in [4.78, 5) is 0. The fraction of sp³-hybridized carbons (Fsp3) is 0.846. The molecule has 14 heavy (non-hydrogen) atoms. The highest BCUT2D eigenvalue weighted by molar-refractivity contribution is 4.95. The Balaban J connectivity index is 1.73. The fourth-order valence-corrected chi connectivity index (χ4v) is 2.70. The van der Waals surface area contributed by atoms with Crippen molar-refractivity contribution in [1.29, 1.82) is 0 Å². The van der Waals surface area contributed by atoms with Gasteiger partial charge >= 0.3 is 0 Å². The first-order chi connectivity index (χ1) is 6.75. The molecular formula is C13H23N. The molecule has 2 aliphatic carbocycles. The summed E-state index contributed by atoms with van der Waals surface area (Å²) in [6.45, 7) is 7.48. The van der Waals surface area contributed by atoms with Crippen molar-refractivity contribution in [2.24, 2.45) is 11.8 Å². The number of hydrogen-bond acceptors (Lipinski definition) is 1. The van der Waals surface area contributed by atoms with Gasteiger partial charge in [0, 0.05) is 6.04 Å².